The van der Waals surface area contributed by atoms with Crippen LogP contribution in [0.25, 0.3) is 0 Å². The van der Waals surface area contributed by atoms with Crippen molar-refractivity contribution in [3.8, 4) is 0 Å². The lowest BCUT2D eigenvalue weighted by atomic mass is 10.1. The van der Waals surface area contributed by atoms with E-state index in [1.54, 1.807) is 0 Å². The Bertz CT molecular complexity index is 441. The first-order valence-corrected chi connectivity index (χ1v) is 6.45. The zero-order valence-electron chi connectivity index (χ0n) is 10.7. The molecule has 102 valence electrons. The molecule has 0 amide bonds. The first kappa shape index (κ1) is 13.7. The summed E-state index contributed by atoms with van der Waals surface area (Å²) in [5.74, 6) is -1.19. The van der Waals surface area contributed by atoms with Crippen LogP contribution < -0.4 is 11.1 Å². The number of carbonyl (C=O) groups excluding carboxylic acids is 2. The Labute approximate surface area is 112 Å². The highest BCUT2D eigenvalue weighted by atomic mass is 16.6. The predicted molar refractivity (Wildman–Crippen MR) is 70.2 cm³/mol. The standard InChI is InChI=1S/C14H18N2O3/c15-11(9-10-5-2-1-3-6-10)13(17)19-14(18)12-7-4-8-16-12/h1-3,5-6,11-12,16H,4,7-9,15H2/t11-,12-/m0/s1. The Morgan fingerprint density at radius 3 is 2.74 bits per heavy atom. The molecule has 1 aromatic rings. The largest absolute Gasteiger partial charge is 0.391 e. The van der Waals surface area contributed by atoms with Gasteiger partial charge in [0.15, 0.2) is 0 Å². The molecule has 0 saturated carbocycles. The molecule has 5 heteroatoms. The number of hydrogen-bond donors (Lipinski definition) is 2. The topological polar surface area (TPSA) is 81.4 Å². The van der Waals surface area contributed by atoms with E-state index in [9.17, 15) is 9.59 Å². The molecule has 3 N–H and O–H groups in total. The smallest absolute Gasteiger partial charge is 0.330 e. The molecule has 0 unspecified atom stereocenters. The molecule has 2 atom stereocenters. The van der Waals surface area contributed by atoms with Crippen LogP contribution in [-0.2, 0) is 20.7 Å². The van der Waals surface area contributed by atoms with Gasteiger partial charge in [0.25, 0.3) is 0 Å². The van der Waals surface area contributed by atoms with Gasteiger partial charge in [0.2, 0.25) is 0 Å². The Kier molecular flexibility index (Phi) is 4.65. The summed E-state index contributed by atoms with van der Waals surface area (Å²) in [7, 11) is 0. The zero-order chi connectivity index (χ0) is 13.7. The molecule has 1 heterocycles. The van der Waals surface area contributed by atoms with Gasteiger partial charge in [-0.2, -0.15) is 0 Å². The highest BCUT2D eigenvalue weighted by Gasteiger charge is 2.27. The van der Waals surface area contributed by atoms with Crippen molar-refractivity contribution in [1.82, 2.24) is 5.32 Å². The van der Waals surface area contributed by atoms with Crippen LogP contribution in [0.15, 0.2) is 30.3 Å². The van der Waals surface area contributed by atoms with Crippen molar-refractivity contribution in [1.29, 1.82) is 0 Å². The molecule has 0 spiro atoms. The molecule has 0 aromatic heterocycles. The molecule has 0 radical (unpaired) electrons. The van der Waals surface area contributed by atoms with Crippen LogP contribution in [0.5, 0.6) is 0 Å². The predicted octanol–water partition coefficient (Wildman–Crippen LogP) is 0.378. The minimum Gasteiger partial charge on any atom is -0.391 e. The van der Waals surface area contributed by atoms with E-state index < -0.39 is 18.0 Å². The Hall–Kier alpha value is -1.72. The monoisotopic (exact) mass is 262 g/mol. The second-order valence-electron chi connectivity index (χ2n) is 4.69. The van der Waals surface area contributed by atoms with Crippen molar-refractivity contribution in [3.63, 3.8) is 0 Å². The quantitative estimate of drug-likeness (QED) is 0.605. The molecule has 1 fully saturated rings. The average molecular weight is 262 g/mol. The number of carbonyl (C=O) groups is 2. The van der Waals surface area contributed by atoms with Gasteiger partial charge in [0.1, 0.15) is 12.1 Å². The zero-order valence-corrected chi connectivity index (χ0v) is 10.7. The molecule has 1 saturated heterocycles. The summed E-state index contributed by atoms with van der Waals surface area (Å²) in [6, 6.07) is 8.23. The third-order valence-electron chi connectivity index (χ3n) is 3.15. The summed E-state index contributed by atoms with van der Waals surface area (Å²) in [5.41, 5.74) is 6.69. The van der Waals surface area contributed by atoms with Crippen molar-refractivity contribution >= 4 is 11.9 Å². The SMILES string of the molecule is N[C@@H](Cc1ccccc1)C(=O)OC(=O)[C@@H]1CCCN1. The Morgan fingerprint density at radius 1 is 1.37 bits per heavy atom. The molecule has 2 rings (SSSR count). The summed E-state index contributed by atoms with van der Waals surface area (Å²) in [6.45, 7) is 0.782. The van der Waals surface area contributed by atoms with E-state index in [0.29, 0.717) is 12.8 Å². The molecule has 0 aliphatic carbocycles. The maximum absolute atomic E-state index is 11.7. The molecular formula is C14H18N2O3. The van der Waals surface area contributed by atoms with Crippen LogP contribution in [0.1, 0.15) is 18.4 Å². The third-order valence-corrected chi connectivity index (χ3v) is 3.15. The maximum Gasteiger partial charge on any atom is 0.330 e. The molecule has 19 heavy (non-hydrogen) atoms. The average Bonchev–Trinajstić information content (AvgIpc) is 2.93. The van der Waals surface area contributed by atoms with Crippen molar-refractivity contribution in [2.45, 2.75) is 31.3 Å². The summed E-state index contributed by atoms with van der Waals surface area (Å²) in [5, 5.41) is 2.98. The molecule has 0 bridgehead atoms. The van der Waals surface area contributed by atoms with Crippen LogP contribution in [0.2, 0.25) is 0 Å². The third kappa shape index (κ3) is 3.87. The fraction of sp³-hybridized carbons (Fsp3) is 0.429. The number of hydrogen-bond acceptors (Lipinski definition) is 5. The second-order valence-corrected chi connectivity index (χ2v) is 4.69. The van der Waals surface area contributed by atoms with Gasteiger partial charge < -0.3 is 15.8 Å². The van der Waals surface area contributed by atoms with Crippen LogP contribution in [0.3, 0.4) is 0 Å². The molecule has 1 aliphatic rings. The summed E-state index contributed by atoms with van der Waals surface area (Å²) >= 11 is 0. The van der Waals surface area contributed by atoms with Crippen molar-refractivity contribution in [3.05, 3.63) is 35.9 Å². The van der Waals surface area contributed by atoms with Crippen LogP contribution in [0.4, 0.5) is 0 Å². The fourth-order valence-electron chi connectivity index (χ4n) is 2.08. The van der Waals surface area contributed by atoms with E-state index >= 15 is 0 Å². The first-order chi connectivity index (χ1) is 9.16. The lowest BCUT2D eigenvalue weighted by Gasteiger charge is -2.13. The van der Waals surface area contributed by atoms with E-state index in [4.69, 9.17) is 10.5 Å². The number of rotatable bonds is 4. The molecule has 5 nitrogen and oxygen atoms in total. The van der Waals surface area contributed by atoms with Gasteiger partial charge in [-0.05, 0) is 31.4 Å². The van der Waals surface area contributed by atoms with Crippen molar-refractivity contribution < 1.29 is 14.3 Å². The number of nitrogens with one attached hydrogen (secondary N) is 1. The van der Waals surface area contributed by atoms with Gasteiger partial charge in [-0.25, -0.2) is 9.59 Å². The van der Waals surface area contributed by atoms with E-state index in [2.05, 4.69) is 5.32 Å². The summed E-state index contributed by atoms with van der Waals surface area (Å²) in [4.78, 5) is 23.4. The number of nitrogens with two attached hydrogens (primary N) is 1. The van der Waals surface area contributed by atoms with Gasteiger partial charge in [-0.3, -0.25) is 0 Å². The minimum absolute atomic E-state index is 0.366. The number of benzene rings is 1. The van der Waals surface area contributed by atoms with E-state index in [1.807, 2.05) is 30.3 Å². The van der Waals surface area contributed by atoms with Gasteiger partial charge in [-0.15, -0.1) is 0 Å². The summed E-state index contributed by atoms with van der Waals surface area (Å²) in [6.07, 6.45) is 2.00. The van der Waals surface area contributed by atoms with Gasteiger partial charge in [0, 0.05) is 0 Å². The van der Waals surface area contributed by atoms with Crippen LogP contribution >= 0.6 is 0 Å². The fourth-order valence-corrected chi connectivity index (χ4v) is 2.08. The van der Waals surface area contributed by atoms with E-state index in [-0.39, 0.29) is 6.04 Å². The minimum atomic E-state index is -0.812. The first-order valence-electron chi connectivity index (χ1n) is 6.45. The van der Waals surface area contributed by atoms with Gasteiger partial charge in [0.05, 0.1) is 0 Å². The number of esters is 2. The van der Waals surface area contributed by atoms with Crippen molar-refractivity contribution in [2.75, 3.05) is 6.54 Å². The highest BCUT2D eigenvalue weighted by molar-refractivity contribution is 5.91. The molecular weight excluding hydrogens is 244 g/mol. The Morgan fingerprint density at radius 2 is 2.11 bits per heavy atom. The van der Waals surface area contributed by atoms with E-state index in [0.717, 1.165) is 18.5 Å². The van der Waals surface area contributed by atoms with E-state index in [1.165, 1.54) is 0 Å². The van der Waals surface area contributed by atoms with Crippen LogP contribution in [0, 0.1) is 0 Å². The number of ether oxygens (including phenoxy) is 1. The Balaban J connectivity index is 1.83. The lowest BCUT2D eigenvalue weighted by molar-refractivity contribution is -0.161. The lowest BCUT2D eigenvalue weighted by Crippen LogP contribution is -2.40. The van der Waals surface area contributed by atoms with Gasteiger partial charge >= 0.3 is 11.9 Å². The molecule has 1 aromatic carbocycles. The van der Waals surface area contributed by atoms with Crippen molar-refractivity contribution in [2.24, 2.45) is 5.73 Å². The normalized spacial score (nSPS) is 19.9. The second kappa shape index (κ2) is 6.45. The summed E-state index contributed by atoms with van der Waals surface area (Å²) < 4.78 is 4.80. The van der Waals surface area contributed by atoms with Gasteiger partial charge in [-0.1, -0.05) is 30.3 Å². The maximum atomic E-state index is 11.7. The molecule has 1 aliphatic heterocycles. The highest BCUT2D eigenvalue weighted by Crippen LogP contribution is 2.08. The van der Waals surface area contributed by atoms with Crippen LogP contribution in [-0.4, -0.2) is 30.6 Å².